The standard InChI is InChI=1S/C12H26N2O/c1-12(2,3)13-10-11-6-5-7-14(11)8-9-15-4/h11,13H,5-10H2,1-4H3. The lowest BCUT2D eigenvalue weighted by molar-refractivity contribution is 0.138. The molecule has 1 aliphatic rings. The van der Waals surface area contributed by atoms with E-state index in [1.54, 1.807) is 7.11 Å². The molecule has 1 heterocycles. The first kappa shape index (κ1) is 12.9. The van der Waals surface area contributed by atoms with Crippen molar-refractivity contribution < 1.29 is 4.74 Å². The zero-order valence-electron chi connectivity index (χ0n) is 10.7. The Morgan fingerprint density at radius 1 is 1.40 bits per heavy atom. The van der Waals surface area contributed by atoms with Crippen molar-refractivity contribution in [3.63, 3.8) is 0 Å². The van der Waals surface area contributed by atoms with Crippen LogP contribution in [0.5, 0.6) is 0 Å². The van der Waals surface area contributed by atoms with E-state index in [0.717, 1.165) is 19.7 Å². The van der Waals surface area contributed by atoms with E-state index < -0.39 is 0 Å². The van der Waals surface area contributed by atoms with Crippen molar-refractivity contribution in [2.45, 2.75) is 45.2 Å². The third-order valence-electron chi connectivity index (χ3n) is 2.95. The molecule has 1 aliphatic heterocycles. The maximum Gasteiger partial charge on any atom is 0.0589 e. The van der Waals surface area contributed by atoms with Gasteiger partial charge in [0, 0.05) is 31.8 Å². The van der Waals surface area contributed by atoms with Gasteiger partial charge in [0.15, 0.2) is 0 Å². The van der Waals surface area contributed by atoms with Crippen molar-refractivity contribution >= 4 is 0 Å². The van der Waals surface area contributed by atoms with Crippen molar-refractivity contribution in [2.24, 2.45) is 0 Å². The van der Waals surface area contributed by atoms with E-state index in [-0.39, 0.29) is 5.54 Å². The van der Waals surface area contributed by atoms with Gasteiger partial charge in [-0.05, 0) is 40.2 Å². The fourth-order valence-corrected chi connectivity index (χ4v) is 2.05. The quantitative estimate of drug-likeness (QED) is 0.750. The van der Waals surface area contributed by atoms with Gasteiger partial charge in [0.25, 0.3) is 0 Å². The molecule has 90 valence electrons. The molecule has 1 saturated heterocycles. The minimum atomic E-state index is 0.232. The molecule has 0 aromatic rings. The summed E-state index contributed by atoms with van der Waals surface area (Å²) in [6.07, 6.45) is 2.66. The lowest BCUT2D eigenvalue weighted by atomic mass is 10.1. The second-order valence-electron chi connectivity index (χ2n) is 5.46. The van der Waals surface area contributed by atoms with Gasteiger partial charge in [-0.15, -0.1) is 0 Å². The van der Waals surface area contributed by atoms with Gasteiger partial charge in [-0.25, -0.2) is 0 Å². The van der Waals surface area contributed by atoms with Crippen LogP contribution in [0.3, 0.4) is 0 Å². The first-order chi connectivity index (χ1) is 7.03. The van der Waals surface area contributed by atoms with E-state index in [9.17, 15) is 0 Å². The van der Waals surface area contributed by atoms with Gasteiger partial charge in [0.2, 0.25) is 0 Å². The Hall–Kier alpha value is -0.120. The van der Waals surface area contributed by atoms with Gasteiger partial charge in [0.1, 0.15) is 0 Å². The average molecular weight is 214 g/mol. The highest BCUT2D eigenvalue weighted by atomic mass is 16.5. The van der Waals surface area contributed by atoms with Crippen LogP contribution in [-0.4, -0.2) is 49.8 Å². The first-order valence-corrected chi connectivity index (χ1v) is 6.01. The number of hydrogen-bond acceptors (Lipinski definition) is 3. The van der Waals surface area contributed by atoms with E-state index in [1.165, 1.54) is 19.4 Å². The summed E-state index contributed by atoms with van der Waals surface area (Å²) in [4.78, 5) is 2.54. The van der Waals surface area contributed by atoms with Gasteiger partial charge in [0.05, 0.1) is 6.61 Å². The molecule has 0 aromatic heterocycles. The molecule has 1 unspecified atom stereocenters. The van der Waals surface area contributed by atoms with Crippen LogP contribution >= 0.6 is 0 Å². The van der Waals surface area contributed by atoms with E-state index in [0.29, 0.717) is 6.04 Å². The van der Waals surface area contributed by atoms with Crippen molar-refractivity contribution in [1.82, 2.24) is 10.2 Å². The largest absolute Gasteiger partial charge is 0.383 e. The second-order valence-corrected chi connectivity index (χ2v) is 5.46. The second kappa shape index (κ2) is 5.83. The number of hydrogen-bond donors (Lipinski definition) is 1. The first-order valence-electron chi connectivity index (χ1n) is 6.01. The summed E-state index contributed by atoms with van der Waals surface area (Å²) < 4.78 is 5.14. The Kier molecular flexibility index (Phi) is 5.03. The summed E-state index contributed by atoms with van der Waals surface area (Å²) in [6.45, 7) is 10.9. The van der Waals surface area contributed by atoms with E-state index in [2.05, 4.69) is 31.0 Å². The Balaban J connectivity index is 2.27. The molecule has 3 heteroatoms. The highest BCUT2D eigenvalue weighted by Gasteiger charge is 2.24. The zero-order valence-corrected chi connectivity index (χ0v) is 10.7. The van der Waals surface area contributed by atoms with Crippen LogP contribution in [0.2, 0.25) is 0 Å². The summed E-state index contributed by atoms with van der Waals surface area (Å²) in [5.41, 5.74) is 0.232. The average Bonchev–Trinajstić information content (AvgIpc) is 2.57. The van der Waals surface area contributed by atoms with Gasteiger partial charge >= 0.3 is 0 Å². The van der Waals surface area contributed by atoms with Crippen LogP contribution in [0.25, 0.3) is 0 Å². The normalized spacial score (nSPS) is 23.6. The molecule has 0 saturated carbocycles. The maximum absolute atomic E-state index is 5.14. The summed E-state index contributed by atoms with van der Waals surface area (Å²) >= 11 is 0. The molecule has 1 rings (SSSR count). The molecule has 0 amide bonds. The lowest BCUT2D eigenvalue weighted by Gasteiger charge is -2.28. The van der Waals surface area contributed by atoms with Gasteiger partial charge in [-0.3, -0.25) is 4.90 Å². The highest BCUT2D eigenvalue weighted by Crippen LogP contribution is 2.16. The summed E-state index contributed by atoms with van der Waals surface area (Å²) in [6, 6.07) is 0.708. The lowest BCUT2D eigenvalue weighted by Crippen LogP contribution is -2.45. The summed E-state index contributed by atoms with van der Waals surface area (Å²) in [5, 5.41) is 3.59. The van der Waals surface area contributed by atoms with Crippen LogP contribution < -0.4 is 5.32 Å². The van der Waals surface area contributed by atoms with Crippen LogP contribution in [-0.2, 0) is 4.74 Å². The van der Waals surface area contributed by atoms with E-state index in [4.69, 9.17) is 4.74 Å². The van der Waals surface area contributed by atoms with Crippen molar-refractivity contribution in [3.05, 3.63) is 0 Å². The predicted octanol–water partition coefficient (Wildman–Crippen LogP) is 1.49. The summed E-state index contributed by atoms with van der Waals surface area (Å²) in [7, 11) is 1.78. The fraction of sp³-hybridized carbons (Fsp3) is 1.00. The Labute approximate surface area is 94.2 Å². The van der Waals surface area contributed by atoms with E-state index >= 15 is 0 Å². The molecular weight excluding hydrogens is 188 g/mol. The number of likely N-dealkylation sites (tertiary alicyclic amines) is 1. The smallest absolute Gasteiger partial charge is 0.0589 e. The molecule has 0 radical (unpaired) electrons. The zero-order chi connectivity index (χ0) is 11.3. The van der Waals surface area contributed by atoms with Gasteiger partial charge in [-0.1, -0.05) is 0 Å². The minimum Gasteiger partial charge on any atom is -0.383 e. The third-order valence-corrected chi connectivity index (χ3v) is 2.95. The maximum atomic E-state index is 5.14. The molecule has 0 aromatic carbocycles. The minimum absolute atomic E-state index is 0.232. The fourth-order valence-electron chi connectivity index (χ4n) is 2.05. The molecule has 3 nitrogen and oxygen atoms in total. The Morgan fingerprint density at radius 3 is 2.73 bits per heavy atom. The van der Waals surface area contributed by atoms with Crippen LogP contribution in [0.1, 0.15) is 33.6 Å². The van der Waals surface area contributed by atoms with Gasteiger partial charge < -0.3 is 10.1 Å². The molecular formula is C12H26N2O. The molecule has 1 N–H and O–H groups in total. The number of ether oxygens (including phenoxy) is 1. The van der Waals surface area contributed by atoms with Crippen LogP contribution in [0.15, 0.2) is 0 Å². The highest BCUT2D eigenvalue weighted by molar-refractivity contribution is 4.83. The molecule has 0 bridgehead atoms. The number of methoxy groups -OCH3 is 1. The summed E-state index contributed by atoms with van der Waals surface area (Å²) in [5.74, 6) is 0. The van der Waals surface area contributed by atoms with Crippen molar-refractivity contribution in [1.29, 1.82) is 0 Å². The molecule has 1 fully saturated rings. The Morgan fingerprint density at radius 2 is 2.13 bits per heavy atom. The van der Waals surface area contributed by atoms with Crippen molar-refractivity contribution in [3.8, 4) is 0 Å². The molecule has 0 spiro atoms. The molecule has 0 aliphatic carbocycles. The third kappa shape index (κ3) is 4.96. The topological polar surface area (TPSA) is 24.5 Å². The SMILES string of the molecule is COCCN1CCCC1CNC(C)(C)C. The van der Waals surface area contributed by atoms with Crippen LogP contribution in [0.4, 0.5) is 0 Å². The van der Waals surface area contributed by atoms with E-state index in [1.807, 2.05) is 0 Å². The monoisotopic (exact) mass is 214 g/mol. The number of nitrogens with zero attached hydrogens (tertiary/aromatic N) is 1. The number of nitrogens with one attached hydrogen (secondary N) is 1. The molecule has 15 heavy (non-hydrogen) atoms. The predicted molar refractivity (Wildman–Crippen MR) is 64.2 cm³/mol. The van der Waals surface area contributed by atoms with Gasteiger partial charge in [-0.2, -0.15) is 0 Å². The number of rotatable bonds is 5. The molecule has 1 atom stereocenters. The van der Waals surface area contributed by atoms with Crippen LogP contribution in [0, 0.1) is 0 Å². The Bertz CT molecular complexity index is 177. The van der Waals surface area contributed by atoms with Crippen molar-refractivity contribution in [2.75, 3.05) is 33.4 Å².